The summed E-state index contributed by atoms with van der Waals surface area (Å²) in [6.07, 6.45) is 3.32. The first-order chi connectivity index (χ1) is 14.6. The lowest BCUT2D eigenvalue weighted by Gasteiger charge is -2.42. The molecule has 1 aliphatic heterocycles. The monoisotopic (exact) mass is 471 g/mol. The molecule has 4 nitrogen and oxygen atoms in total. The van der Waals surface area contributed by atoms with E-state index in [1.54, 1.807) is 0 Å². The van der Waals surface area contributed by atoms with E-state index in [0.717, 1.165) is 57.7 Å². The number of piperazine rings is 1. The van der Waals surface area contributed by atoms with E-state index in [-0.39, 0.29) is 11.9 Å². The standard InChI is InChI=1S/C24H36Cl2FN3O/c1-17(2)16-24(3,4)23(31)30(27)19-14-18(15-19)8-9-28-10-12-29(13-11-28)21-7-5-6-20(25)22(21)26/h5-7,17-19H,8-16H2,1-4H3/t18-,19+. The smallest absolute Gasteiger partial charge is 0.256 e. The summed E-state index contributed by atoms with van der Waals surface area (Å²) in [5.41, 5.74) is 0.364. The van der Waals surface area contributed by atoms with Crippen LogP contribution in [0.15, 0.2) is 18.2 Å². The molecule has 174 valence electrons. The summed E-state index contributed by atoms with van der Waals surface area (Å²) < 4.78 is 14.7. The minimum atomic E-state index is -0.639. The van der Waals surface area contributed by atoms with Crippen LogP contribution >= 0.6 is 23.2 Å². The Morgan fingerprint density at radius 3 is 2.45 bits per heavy atom. The van der Waals surface area contributed by atoms with Gasteiger partial charge in [-0.2, -0.15) is 5.12 Å². The van der Waals surface area contributed by atoms with Crippen molar-refractivity contribution in [3.63, 3.8) is 0 Å². The van der Waals surface area contributed by atoms with E-state index in [4.69, 9.17) is 23.2 Å². The van der Waals surface area contributed by atoms with E-state index < -0.39 is 5.41 Å². The molecule has 0 radical (unpaired) electrons. The van der Waals surface area contributed by atoms with Gasteiger partial charge in [0.25, 0.3) is 5.91 Å². The van der Waals surface area contributed by atoms with Crippen molar-refractivity contribution in [2.75, 3.05) is 37.6 Å². The molecule has 1 amide bonds. The van der Waals surface area contributed by atoms with Crippen molar-refractivity contribution >= 4 is 34.8 Å². The number of carbonyl (C=O) groups is 1. The SMILES string of the molecule is CC(C)CC(C)(C)C(=O)N(F)[C@H]1C[C@@H](CCN2CCN(c3cccc(Cl)c3Cl)CC2)C1. The van der Waals surface area contributed by atoms with Crippen molar-refractivity contribution < 1.29 is 9.28 Å². The summed E-state index contributed by atoms with van der Waals surface area (Å²) in [7, 11) is 0. The van der Waals surface area contributed by atoms with Gasteiger partial charge in [0.15, 0.2) is 0 Å². The number of amides is 1. The summed E-state index contributed by atoms with van der Waals surface area (Å²) in [6, 6.07) is 5.52. The Morgan fingerprint density at radius 1 is 1.19 bits per heavy atom. The molecule has 1 aromatic rings. The molecule has 0 spiro atoms. The zero-order valence-electron chi connectivity index (χ0n) is 19.2. The van der Waals surface area contributed by atoms with Crippen molar-refractivity contribution in [2.45, 2.75) is 59.4 Å². The van der Waals surface area contributed by atoms with Crippen LogP contribution in [-0.2, 0) is 4.79 Å². The fraction of sp³-hybridized carbons (Fsp3) is 0.708. The predicted molar refractivity (Wildman–Crippen MR) is 127 cm³/mol. The molecule has 2 aliphatic rings. The second-order valence-corrected chi connectivity index (χ2v) is 11.1. The molecule has 2 fully saturated rings. The highest BCUT2D eigenvalue weighted by Crippen LogP contribution is 2.38. The van der Waals surface area contributed by atoms with Crippen molar-refractivity contribution in [1.82, 2.24) is 10.0 Å². The highest BCUT2D eigenvalue weighted by atomic mass is 35.5. The molecule has 7 heteroatoms. The van der Waals surface area contributed by atoms with Crippen LogP contribution in [-0.4, -0.2) is 54.7 Å². The lowest BCUT2D eigenvalue weighted by Crippen LogP contribution is -2.49. The highest BCUT2D eigenvalue weighted by molar-refractivity contribution is 6.43. The summed E-state index contributed by atoms with van der Waals surface area (Å²) in [4.78, 5) is 17.3. The Balaban J connectivity index is 1.38. The van der Waals surface area contributed by atoms with Crippen molar-refractivity contribution in [3.05, 3.63) is 28.2 Å². The molecule has 1 saturated carbocycles. The van der Waals surface area contributed by atoms with E-state index in [1.165, 1.54) is 0 Å². The normalized spacial score (nSPS) is 22.5. The minimum absolute atomic E-state index is 0.245. The van der Waals surface area contributed by atoms with Gasteiger partial charge in [0.2, 0.25) is 0 Å². The van der Waals surface area contributed by atoms with Crippen LogP contribution in [0, 0.1) is 17.3 Å². The molecule has 1 aliphatic carbocycles. The van der Waals surface area contributed by atoms with Gasteiger partial charge in [0, 0.05) is 31.6 Å². The molecular formula is C24H36Cl2FN3O. The Bertz CT molecular complexity index is 759. The zero-order valence-corrected chi connectivity index (χ0v) is 20.7. The summed E-state index contributed by atoms with van der Waals surface area (Å²) in [6.45, 7) is 12.7. The minimum Gasteiger partial charge on any atom is -0.368 e. The zero-order chi connectivity index (χ0) is 22.8. The average Bonchev–Trinajstić information content (AvgIpc) is 2.67. The van der Waals surface area contributed by atoms with Crippen LogP contribution < -0.4 is 4.90 Å². The van der Waals surface area contributed by atoms with E-state index in [9.17, 15) is 9.28 Å². The van der Waals surface area contributed by atoms with Gasteiger partial charge in [0.05, 0.1) is 21.8 Å². The van der Waals surface area contributed by atoms with E-state index in [1.807, 2.05) is 32.0 Å². The summed E-state index contributed by atoms with van der Waals surface area (Å²) in [5, 5.41) is 1.75. The highest BCUT2D eigenvalue weighted by Gasteiger charge is 2.41. The fourth-order valence-electron chi connectivity index (χ4n) is 5.00. The van der Waals surface area contributed by atoms with Gasteiger partial charge in [-0.1, -0.05) is 61.4 Å². The number of rotatable bonds is 8. The predicted octanol–water partition coefficient (Wildman–Crippen LogP) is 6.07. The van der Waals surface area contributed by atoms with E-state index in [0.29, 0.717) is 33.4 Å². The van der Waals surface area contributed by atoms with Crippen LogP contribution in [0.2, 0.25) is 10.0 Å². The Hall–Kier alpha value is -1.04. The first-order valence-electron chi connectivity index (χ1n) is 11.5. The van der Waals surface area contributed by atoms with Crippen molar-refractivity contribution in [2.24, 2.45) is 17.3 Å². The Labute approximate surface area is 196 Å². The topological polar surface area (TPSA) is 26.8 Å². The number of hydrogen-bond acceptors (Lipinski definition) is 3. The lowest BCUT2D eigenvalue weighted by atomic mass is 9.76. The van der Waals surface area contributed by atoms with Gasteiger partial charge >= 0.3 is 0 Å². The van der Waals surface area contributed by atoms with Crippen LogP contribution in [0.1, 0.15) is 53.4 Å². The number of halogens is 3. The summed E-state index contributed by atoms with van der Waals surface area (Å²) >= 11 is 12.5. The van der Waals surface area contributed by atoms with Gasteiger partial charge in [-0.25, -0.2) is 0 Å². The molecule has 0 aromatic heterocycles. The fourth-order valence-corrected chi connectivity index (χ4v) is 5.41. The van der Waals surface area contributed by atoms with Crippen LogP contribution in [0.3, 0.4) is 0 Å². The molecule has 0 atom stereocenters. The van der Waals surface area contributed by atoms with Gasteiger partial charge < -0.3 is 4.90 Å². The molecule has 31 heavy (non-hydrogen) atoms. The Morgan fingerprint density at radius 2 is 1.84 bits per heavy atom. The molecule has 3 rings (SSSR count). The number of benzene rings is 1. The molecule has 0 bridgehead atoms. The summed E-state index contributed by atoms with van der Waals surface area (Å²) in [5.74, 6) is 0.516. The number of hydrogen-bond donors (Lipinski definition) is 0. The maximum absolute atomic E-state index is 14.7. The quantitative estimate of drug-likeness (QED) is 0.430. The van der Waals surface area contributed by atoms with Crippen LogP contribution in [0.4, 0.5) is 10.2 Å². The largest absolute Gasteiger partial charge is 0.368 e. The van der Waals surface area contributed by atoms with Crippen LogP contribution in [0.25, 0.3) is 0 Å². The molecule has 1 heterocycles. The van der Waals surface area contributed by atoms with Crippen molar-refractivity contribution in [1.29, 1.82) is 0 Å². The first kappa shape index (κ1) is 24.6. The lowest BCUT2D eigenvalue weighted by molar-refractivity contribution is -0.170. The third-order valence-electron chi connectivity index (χ3n) is 6.72. The second kappa shape index (κ2) is 10.3. The second-order valence-electron chi connectivity index (χ2n) is 10.3. The third kappa shape index (κ3) is 6.06. The number of nitrogens with zero attached hydrogens (tertiary/aromatic N) is 3. The molecule has 0 unspecified atom stereocenters. The van der Waals surface area contributed by atoms with E-state index in [2.05, 4.69) is 23.6 Å². The number of carbonyl (C=O) groups excluding carboxylic acids is 1. The van der Waals surface area contributed by atoms with Gasteiger partial charge in [-0.15, -0.1) is 0 Å². The maximum Gasteiger partial charge on any atom is 0.256 e. The maximum atomic E-state index is 14.7. The van der Waals surface area contributed by atoms with Crippen molar-refractivity contribution in [3.8, 4) is 0 Å². The number of anilines is 1. The molecular weight excluding hydrogens is 436 g/mol. The first-order valence-corrected chi connectivity index (χ1v) is 12.2. The molecule has 0 N–H and O–H groups in total. The third-order valence-corrected chi connectivity index (χ3v) is 7.53. The van der Waals surface area contributed by atoms with Gasteiger partial charge in [0.1, 0.15) is 0 Å². The molecule has 1 aromatic carbocycles. The van der Waals surface area contributed by atoms with Crippen LogP contribution in [0.5, 0.6) is 0 Å². The molecule has 1 saturated heterocycles. The Kier molecular flexibility index (Phi) is 8.15. The van der Waals surface area contributed by atoms with E-state index >= 15 is 0 Å². The van der Waals surface area contributed by atoms with Gasteiger partial charge in [-0.3, -0.25) is 9.69 Å². The van der Waals surface area contributed by atoms with Gasteiger partial charge in [-0.05, 0) is 56.2 Å². The average molecular weight is 472 g/mol.